The number of thioether (sulfide) groups is 1. The van der Waals surface area contributed by atoms with Crippen molar-refractivity contribution in [2.45, 2.75) is 4.90 Å². The zero-order valence-electron chi connectivity index (χ0n) is 14.7. The summed E-state index contributed by atoms with van der Waals surface area (Å²) < 4.78 is 5.62. The van der Waals surface area contributed by atoms with Gasteiger partial charge in [0.25, 0.3) is 5.91 Å². The van der Waals surface area contributed by atoms with Crippen molar-refractivity contribution < 1.29 is 14.3 Å². The standard InChI is InChI=1S/C20H20N2O3S/c1-22(12-19(23)21-16-8-4-6-10-18(16)26-2)20(24)15-11-14-7-3-5-9-17(14)25-13-15/h3-11H,12-13H2,1-2H3,(H,21,23). The zero-order chi connectivity index (χ0) is 18.5. The molecule has 1 heterocycles. The number of carbonyl (C=O) groups is 2. The summed E-state index contributed by atoms with van der Waals surface area (Å²) in [6.07, 6.45) is 3.77. The van der Waals surface area contributed by atoms with Gasteiger partial charge in [-0.15, -0.1) is 11.8 Å². The minimum Gasteiger partial charge on any atom is -0.488 e. The second kappa shape index (κ2) is 8.10. The van der Waals surface area contributed by atoms with Crippen LogP contribution in [-0.4, -0.2) is 43.2 Å². The number of likely N-dealkylation sites (N-methyl/N-ethyl adjacent to an activating group) is 1. The molecule has 0 bridgehead atoms. The van der Waals surface area contributed by atoms with E-state index in [0.29, 0.717) is 5.57 Å². The lowest BCUT2D eigenvalue weighted by molar-refractivity contribution is -0.130. The molecule has 1 N–H and O–H groups in total. The Bertz CT molecular complexity index is 864. The van der Waals surface area contributed by atoms with Gasteiger partial charge in [0.15, 0.2) is 0 Å². The number of hydrogen-bond acceptors (Lipinski definition) is 4. The first-order valence-corrected chi connectivity index (χ1v) is 9.41. The van der Waals surface area contributed by atoms with Crippen molar-refractivity contribution >= 4 is 35.3 Å². The number of carbonyl (C=O) groups excluding carboxylic acids is 2. The minimum absolute atomic E-state index is 0.0272. The fourth-order valence-electron chi connectivity index (χ4n) is 2.71. The fourth-order valence-corrected chi connectivity index (χ4v) is 3.26. The Hall–Kier alpha value is -2.73. The van der Waals surface area contributed by atoms with Gasteiger partial charge in [-0.2, -0.15) is 0 Å². The molecule has 0 saturated carbocycles. The molecular formula is C20H20N2O3S. The molecule has 0 unspecified atom stereocenters. The van der Waals surface area contributed by atoms with E-state index < -0.39 is 0 Å². The van der Waals surface area contributed by atoms with Crippen LogP contribution in [0.4, 0.5) is 5.69 Å². The van der Waals surface area contributed by atoms with E-state index >= 15 is 0 Å². The second-order valence-electron chi connectivity index (χ2n) is 5.91. The Morgan fingerprint density at radius 2 is 1.88 bits per heavy atom. The van der Waals surface area contributed by atoms with E-state index in [-0.39, 0.29) is 25.0 Å². The molecule has 0 spiro atoms. The molecule has 0 aliphatic carbocycles. The molecule has 3 rings (SSSR count). The number of anilines is 1. The van der Waals surface area contributed by atoms with E-state index in [1.807, 2.05) is 60.9 Å². The molecule has 134 valence electrons. The third kappa shape index (κ3) is 4.08. The molecule has 1 aliphatic heterocycles. The molecule has 0 radical (unpaired) electrons. The Morgan fingerprint density at radius 3 is 2.69 bits per heavy atom. The van der Waals surface area contributed by atoms with Gasteiger partial charge >= 0.3 is 0 Å². The lowest BCUT2D eigenvalue weighted by Crippen LogP contribution is -2.37. The molecule has 0 saturated heterocycles. The zero-order valence-corrected chi connectivity index (χ0v) is 15.5. The first-order valence-electron chi connectivity index (χ1n) is 8.19. The number of amides is 2. The van der Waals surface area contributed by atoms with Gasteiger partial charge in [-0.1, -0.05) is 30.3 Å². The average Bonchev–Trinajstić information content (AvgIpc) is 2.67. The number of rotatable bonds is 5. The Morgan fingerprint density at radius 1 is 1.15 bits per heavy atom. The Kier molecular flexibility index (Phi) is 5.63. The molecule has 2 amide bonds. The molecule has 2 aromatic rings. The highest BCUT2D eigenvalue weighted by atomic mass is 32.2. The van der Waals surface area contributed by atoms with Crippen molar-refractivity contribution in [2.24, 2.45) is 0 Å². The van der Waals surface area contributed by atoms with Gasteiger partial charge in [-0.05, 0) is 30.5 Å². The van der Waals surface area contributed by atoms with Crippen molar-refractivity contribution in [3.63, 3.8) is 0 Å². The van der Waals surface area contributed by atoms with Crippen LogP contribution >= 0.6 is 11.8 Å². The summed E-state index contributed by atoms with van der Waals surface area (Å²) in [7, 11) is 1.61. The van der Waals surface area contributed by atoms with Crippen molar-refractivity contribution in [3.05, 3.63) is 59.7 Å². The monoisotopic (exact) mass is 368 g/mol. The Labute approximate surface area is 157 Å². The van der Waals surface area contributed by atoms with Crippen LogP contribution in [0, 0.1) is 0 Å². The van der Waals surface area contributed by atoms with E-state index in [1.54, 1.807) is 18.8 Å². The molecule has 5 nitrogen and oxygen atoms in total. The van der Waals surface area contributed by atoms with Crippen molar-refractivity contribution in [3.8, 4) is 5.75 Å². The maximum absolute atomic E-state index is 12.6. The predicted molar refractivity (Wildman–Crippen MR) is 104 cm³/mol. The first kappa shape index (κ1) is 18.1. The number of fused-ring (bicyclic) bond motifs is 1. The molecule has 2 aromatic carbocycles. The van der Waals surface area contributed by atoms with Gasteiger partial charge in [0, 0.05) is 17.5 Å². The third-order valence-electron chi connectivity index (χ3n) is 4.02. The average molecular weight is 368 g/mol. The molecule has 26 heavy (non-hydrogen) atoms. The van der Waals surface area contributed by atoms with E-state index in [0.717, 1.165) is 21.9 Å². The van der Waals surface area contributed by atoms with Crippen LogP contribution in [0.5, 0.6) is 5.75 Å². The number of hydrogen-bond donors (Lipinski definition) is 1. The van der Waals surface area contributed by atoms with Crippen molar-refractivity contribution in [1.82, 2.24) is 4.90 Å². The van der Waals surface area contributed by atoms with Crippen molar-refractivity contribution in [1.29, 1.82) is 0 Å². The number of benzene rings is 2. The summed E-state index contributed by atoms with van der Waals surface area (Å²) in [6, 6.07) is 15.1. The SMILES string of the molecule is CSc1ccccc1NC(=O)CN(C)C(=O)C1=Cc2ccccc2OC1. The molecule has 0 fully saturated rings. The fraction of sp³-hybridized carbons (Fsp3) is 0.200. The van der Waals surface area contributed by atoms with Gasteiger partial charge in [0.1, 0.15) is 12.4 Å². The highest BCUT2D eigenvalue weighted by Gasteiger charge is 2.21. The second-order valence-corrected chi connectivity index (χ2v) is 6.75. The van der Waals surface area contributed by atoms with Gasteiger partial charge in [0.2, 0.25) is 5.91 Å². The summed E-state index contributed by atoms with van der Waals surface area (Å²) in [6.45, 7) is 0.178. The van der Waals surface area contributed by atoms with Gasteiger partial charge in [-0.3, -0.25) is 9.59 Å². The van der Waals surface area contributed by atoms with Crippen LogP contribution in [0.3, 0.4) is 0 Å². The highest BCUT2D eigenvalue weighted by molar-refractivity contribution is 7.98. The van der Waals surface area contributed by atoms with E-state index in [4.69, 9.17) is 4.74 Å². The summed E-state index contributed by atoms with van der Waals surface area (Å²) in [4.78, 5) is 27.3. The third-order valence-corrected chi connectivity index (χ3v) is 4.81. The summed E-state index contributed by atoms with van der Waals surface area (Å²) in [5.41, 5.74) is 2.15. The summed E-state index contributed by atoms with van der Waals surface area (Å²) in [5.74, 6) is 0.311. The van der Waals surface area contributed by atoms with Gasteiger partial charge in [0.05, 0.1) is 17.8 Å². The normalized spacial score (nSPS) is 12.5. The number of nitrogens with one attached hydrogen (secondary N) is 1. The van der Waals surface area contributed by atoms with Crippen LogP contribution in [0.25, 0.3) is 6.08 Å². The molecule has 0 aromatic heterocycles. The largest absolute Gasteiger partial charge is 0.488 e. The maximum Gasteiger partial charge on any atom is 0.253 e. The molecule has 0 atom stereocenters. The van der Waals surface area contributed by atoms with Gasteiger partial charge in [-0.25, -0.2) is 0 Å². The quantitative estimate of drug-likeness (QED) is 0.823. The lowest BCUT2D eigenvalue weighted by Gasteiger charge is -2.22. The highest BCUT2D eigenvalue weighted by Crippen LogP contribution is 2.26. The maximum atomic E-state index is 12.6. The topological polar surface area (TPSA) is 58.6 Å². The summed E-state index contributed by atoms with van der Waals surface area (Å²) >= 11 is 1.56. The van der Waals surface area contributed by atoms with Crippen LogP contribution in [-0.2, 0) is 9.59 Å². The molecular weight excluding hydrogens is 348 g/mol. The van der Waals surface area contributed by atoms with Crippen LogP contribution < -0.4 is 10.1 Å². The Balaban J connectivity index is 1.64. The smallest absolute Gasteiger partial charge is 0.253 e. The van der Waals surface area contributed by atoms with Crippen LogP contribution in [0.1, 0.15) is 5.56 Å². The predicted octanol–water partition coefficient (Wildman–Crippen LogP) is 3.28. The minimum atomic E-state index is -0.236. The van der Waals surface area contributed by atoms with Gasteiger partial charge < -0.3 is 15.0 Å². The molecule has 1 aliphatic rings. The number of para-hydroxylation sites is 2. The number of ether oxygens (including phenoxy) is 1. The lowest BCUT2D eigenvalue weighted by atomic mass is 10.1. The number of nitrogens with zero attached hydrogens (tertiary/aromatic N) is 1. The van der Waals surface area contributed by atoms with Crippen LogP contribution in [0.2, 0.25) is 0 Å². The summed E-state index contributed by atoms with van der Waals surface area (Å²) in [5, 5.41) is 2.86. The van der Waals surface area contributed by atoms with Crippen LogP contribution in [0.15, 0.2) is 59.0 Å². The van der Waals surface area contributed by atoms with E-state index in [9.17, 15) is 9.59 Å². The van der Waals surface area contributed by atoms with Crippen molar-refractivity contribution in [2.75, 3.05) is 31.8 Å². The van der Waals surface area contributed by atoms with E-state index in [1.165, 1.54) is 4.90 Å². The first-order chi connectivity index (χ1) is 12.6. The molecule has 6 heteroatoms. The van der Waals surface area contributed by atoms with E-state index in [2.05, 4.69) is 5.32 Å².